The summed E-state index contributed by atoms with van der Waals surface area (Å²) in [6.45, 7) is 2.87. The van der Waals surface area contributed by atoms with Gasteiger partial charge >= 0.3 is 0 Å². The molecule has 1 rings (SSSR count). The smallest absolute Gasteiger partial charge is 0.257 e. The maximum absolute atomic E-state index is 11.1. The highest BCUT2D eigenvalue weighted by Gasteiger charge is 2.00. The van der Waals surface area contributed by atoms with E-state index in [1.807, 2.05) is 6.92 Å². The number of ether oxygens (including phenoxy) is 1. The number of pyridine rings is 1. The molecule has 0 saturated heterocycles. The number of amides is 1. The Kier molecular flexibility index (Phi) is 4.56. The molecule has 0 aliphatic heterocycles. The van der Waals surface area contributed by atoms with Crippen LogP contribution < -0.4 is 15.8 Å². The van der Waals surface area contributed by atoms with Crippen molar-refractivity contribution in [1.29, 1.82) is 0 Å². The molecule has 0 bridgehead atoms. The lowest BCUT2D eigenvalue weighted by molar-refractivity contribution is -0.122. The number of hydrogen-bond acceptors (Lipinski definition) is 4. The second-order valence-corrected chi connectivity index (χ2v) is 2.93. The Morgan fingerprint density at radius 2 is 2.40 bits per heavy atom. The van der Waals surface area contributed by atoms with Gasteiger partial charge in [0.05, 0.1) is 11.9 Å². The fourth-order valence-electron chi connectivity index (χ4n) is 1.01. The Hall–Kier alpha value is -1.62. The van der Waals surface area contributed by atoms with Gasteiger partial charge in [0.15, 0.2) is 6.61 Å². The Morgan fingerprint density at radius 3 is 2.93 bits per heavy atom. The number of likely N-dealkylation sites (N-methyl/N-ethyl adjacent to an activating group) is 1. The summed E-state index contributed by atoms with van der Waals surface area (Å²) < 4.78 is 5.20. The molecule has 0 fully saturated rings. The molecule has 3 N–H and O–H groups in total. The average Bonchev–Trinajstić information content (AvgIpc) is 2.27. The zero-order valence-corrected chi connectivity index (χ0v) is 8.69. The second kappa shape index (κ2) is 5.98. The number of nitrogens with one attached hydrogen (secondary N) is 1. The minimum absolute atomic E-state index is 0.0114. The molecule has 82 valence electrons. The second-order valence-electron chi connectivity index (χ2n) is 2.93. The van der Waals surface area contributed by atoms with Crippen molar-refractivity contribution in [3.05, 3.63) is 24.0 Å². The van der Waals surface area contributed by atoms with Crippen LogP contribution in [0.1, 0.15) is 12.6 Å². The summed E-state index contributed by atoms with van der Waals surface area (Å²) in [5.41, 5.74) is 6.19. The van der Waals surface area contributed by atoms with Crippen LogP contribution in [-0.2, 0) is 11.3 Å². The fourth-order valence-corrected chi connectivity index (χ4v) is 1.01. The van der Waals surface area contributed by atoms with Gasteiger partial charge in [0, 0.05) is 13.1 Å². The van der Waals surface area contributed by atoms with Crippen molar-refractivity contribution in [3.8, 4) is 5.75 Å². The van der Waals surface area contributed by atoms with Gasteiger partial charge in [0.1, 0.15) is 5.75 Å². The van der Waals surface area contributed by atoms with Gasteiger partial charge < -0.3 is 15.8 Å². The van der Waals surface area contributed by atoms with Crippen LogP contribution in [0.5, 0.6) is 5.75 Å². The van der Waals surface area contributed by atoms with E-state index in [4.69, 9.17) is 10.5 Å². The van der Waals surface area contributed by atoms with Crippen LogP contribution in [0.15, 0.2) is 18.3 Å². The molecule has 5 nitrogen and oxygen atoms in total. The van der Waals surface area contributed by atoms with Gasteiger partial charge in [-0.1, -0.05) is 0 Å². The lowest BCUT2D eigenvalue weighted by Gasteiger charge is -2.05. The van der Waals surface area contributed by atoms with Crippen LogP contribution in [-0.4, -0.2) is 24.0 Å². The van der Waals surface area contributed by atoms with E-state index in [1.165, 1.54) is 0 Å². The van der Waals surface area contributed by atoms with Crippen molar-refractivity contribution in [1.82, 2.24) is 10.3 Å². The van der Waals surface area contributed by atoms with Crippen molar-refractivity contribution < 1.29 is 9.53 Å². The molecule has 0 unspecified atom stereocenters. The molecule has 0 saturated carbocycles. The van der Waals surface area contributed by atoms with Gasteiger partial charge in [-0.2, -0.15) is 0 Å². The van der Waals surface area contributed by atoms with Crippen molar-refractivity contribution in [2.24, 2.45) is 5.73 Å². The highest BCUT2D eigenvalue weighted by Crippen LogP contribution is 2.08. The Morgan fingerprint density at radius 1 is 1.60 bits per heavy atom. The molecule has 0 aliphatic carbocycles. The van der Waals surface area contributed by atoms with Crippen molar-refractivity contribution in [2.45, 2.75) is 13.5 Å². The predicted molar refractivity (Wildman–Crippen MR) is 56.3 cm³/mol. The summed E-state index contributed by atoms with van der Waals surface area (Å²) in [6, 6.07) is 3.52. The summed E-state index contributed by atoms with van der Waals surface area (Å²) in [4.78, 5) is 15.1. The number of nitrogens with two attached hydrogens (primary N) is 1. The minimum Gasteiger partial charge on any atom is -0.482 e. The number of rotatable bonds is 5. The van der Waals surface area contributed by atoms with Gasteiger partial charge in [0.2, 0.25) is 0 Å². The summed E-state index contributed by atoms with van der Waals surface area (Å²) in [7, 11) is 0. The molecule has 1 amide bonds. The Bertz CT molecular complexity index is 311. The zero-order chi connectivity index (χ0) is 11.1. The van der Waals surface area contributed by atoms with Crippen LogP contribution in [0, 0.1) is 0 Å². The van der Waals surface area contributed by atoms with Crippen LogP contribution in [0.25, 0.3) is 0 Å². The number of carbonyl (C=O) groups is 1. The molecule has 5 heteroatoms. The van der Waals surface area contributed by atoms with Gasteiger partial charge in [-0.05, 0) is 19.1 Å². The van der Waals surface area contributed by atoms with E-state index in [0.717, 1.165) is 5.69 Å². The van der Waals surface area contributed by atoms with Gasteiger partial charge in [-0.25, -0.2) is 0 Å². The maximum Gasteiger partial charge on any atom is 0.257 e. The maximum atomic E-state index is 11.1. The number of hydrogen-bond donors (Lipinski definition) is 2. The molecule has 0 radical (unpaired) electrons. The van der Waals surface area contributed by atoms with Crippen LogP contribution >= 0.6 is 0 Å². The summed E-state index contributed by atoms with van der Waals surface area (Å²) in [6.07, 6.45) is 1.56. The molecule has 0 aliphatic rings. The predicted octanol–water partition coefficient (Wildman–Crippen LogP) is 0.0552. The third-order valence-corrected chi connectivity index (χ3v) is 1.75. The lowest BCUT2D eigenvalue weighted by Crippen LogP contribution is -2.28. The average molecular weight is 209 g/mol. The minimum atomic E-state index is -0.139. The first-order chi connectivity index (χ1) is 7.26. The van der Waals surface area contributed by atoms with E-state index < -0.39 is 0 Å². The van der Waals surface area contributed by atoms with Crippen molar-refractivity contribution in [2.75, 3.05) is 13.2 Å². The largest absolute Gasteiger partial charge is 0.482 e. The quantitative estimate of drug-likeness (QED) is 0.718. The first kappa shape index (κ1) is 11.5. The summed E-state index contributed by atoms with van der Waals surface area (Å²) in [5.74, 6) is 0.429. The fraction of sp³-hybridized carbons (Fsp3) is 0.400. The van der Waals surface area contributed by atoms with E-state index in [0.29, 0.717) is 18.8 Å². The molecule has 1 aromatic heterocycles. The van der Waals surface area contributed by atoms with Crippen LogP contribution in [0.4, 0.5) is 0 Å². The molecular formula is C10H15N3O2. The Labute approximate surface area is 88.6 Å². The molecule has 1 heterocycles. The van der Waals surface area contributed by atoms with E-state index in [2.05, 4.69) is 10.3 Å². The van der Waals surface area contributed by atoms with Gasteiger partial charge in [0.25, 0.3) is 5.91 Å². The molecular weight excluding hydrogens is 194 g/mol. The molecule has 1 aromatic rings. The van der Waals surface area contributed by atoms with Crippen molar-refractivity contribution in [3.63, 3.8) is 0 Å². The molecule has 0 atom stereocenters. The third kappa shape index (κ3) is 3.95. The monoisotopic (exact) mass is 209 g/mol. The summed E-state index contributed by atoms with van der Waals surface area (Å²) >= 11 is 0. The third-order valence-electron chi connectivity index (χ3n) is 1.75. The van der Waals surface area contributed by atoms with E-state index >= 15 is 0 Å². The van der Waals surface area contributed by atoms with Crippen molar-refractivity contribution >= 4 is 5.91 Å². The van der Waals surface area contributed by atoms with E-state index in [9.17, 15) is 4.79 Å². The molecule has 15 heavy (non-hydrogen) atoms. The molecule has 0 aromatic carbocycles. The van der Waals surface area contributed by atoms with Gasteiger partial charge in [-0.15, -0.1) is 0 Å². The van der Waals surface area contributed by atoms with E-state index in [1.54, 1.807) is 18.3 Å². The topological polar surface area (TPSA) is 77.2 Å². The highest BCUT2D eigenvalue weighted by atomic mass is 16.5. The first-order valence-corrected chi connectivity index (χ1v) is 4.80. The standard InChI is InChI=1S/C10H15N3O2/c1-2-12-10(14)7-15-9-4-3-8(5-11)13-6-9/h3-4,6H,2,5,7,11H2,1H3,(H,12,14). The SMILES string of the molecule is CCNC(=O)COc1ccc(CN)nc1. The Balaban J connectivity index is 2.40. The lowest BCUT2D eigenvalue weighted by atomic mass is 10.3. The highest BCUT2D eigenvalue weighted by molar-refractivity contribution is 5.77. The number of carbonyl (C=O) groups excluding carboxylic acids is 1. The summed E-state index contributed by atoms with van der Waals surface area (Å²) in [5, 5.41) is 2.63. The van der Waals surface area contributed by atoms with Crippen LogP contribution in [0.3, 0.4) is 0 Å². The van der Waals surface area contributed by atoms with E-state index in [-0.39, 0.29) is 12.5 Å². The van der Waals surface area contributed by atoms with Gasteiger partial charge in [-0.3, -0.25) is 9.78 Å². The van der Waals surface area contributed by atoms with Crippen LogP contribution in [0.2, 0.25) is 0 Å². The molecule has 0 spiro atoms. The zero-order valence-electron chi connectivity index (χ0n) is 8.69. The normalized spacial score (nSPS) is 9.73. The number of nitrogens with zero attached hydrogens (tertiary/aromatic N) is 1. The first-order valence-electron chi connectivity index (χ1n) is 4.80. The number of aromatic nitrogens is 1.